The number of alkyl halides is 2. The quantitative estimate of drug-likeness (QED) is 0.0357. The number of benzene rings is 5. The maximum absolute atomic E-state index is 13.9. The van der Waals surface area contributed by atoms with Crippen LogP contribution in [0.3, 0.4) is 0 Å². The van der Waals surface area contributed by atoms with E-state index in [1.54, 1.807) is 59.5 Å². The SMILES string of the molecule is O=C1C=CC(=O)N1CCOCCOc1cc(/C=C\C(=O)N2C[C@@H](CCl)c3c2cc(OP(=O)(O)O)c2ccccc32)ccc1/C=C/C(=O)N1C[C@@H](CCl)c2c1c[c]c1ccccc21. The summed E-state index contributed by atoms with van der Waals surface area (Å²) < 4.78 is 28.8. The van der Waals surface area contributed by atoms with Gasteiger partial charge in [0, 0.05) is 83.7 Å². The minimum atomic E-state index is -4.93. The van der Waals surface area contributed by atoms with Crippen molar-refractivity contribution in [2.45, 2.75) is 11.8 Å². The Morgan fingerprint density at radius 3 is 2.08 bits per heavy atom. The zero-order valence-corrected chi connectivity index (χ0v) is 35.4. The van der Waals surface area contributed by atoms with Gasteiger partial charge in [-0.15, -0.1) is 23.2 Å². The molecular formula is C46H39Cl2N3O10P. The predicted molar refractivity (Wildman–Crippen MR) is 238 cm³/mol. The van der Waals surface area contributed by atoms with Gasteiger partial charge in [-0.25, -0.2) is 4.57 Å². The Hall–Kier alpha value is -5.79. The van der Waals surface area contributed by atoms with Crippen molar-refractivity contribution >= 4 is 99.7 Å². The number of anilines is 2. The first-order chi connectivity index (χ1) is 29.9. The van der Waals surface area contributed by atoms with E-state index < -0.39 is 25.5 Å². The molecule has 4 amide bonds. The Morgan fingerprint density at radius 1 is 0.758 bits per heavy atom. The van der Waals surface area contributed by atoms with E-state index in [0.29, 0.717) is 45.8 Å². The van der Waals surface area contributed by atoms with Gasteiger partial charge < -0.3 is 23.8 Å². The normalized spacial score (nSPS) is 17.3. The molecule has 0 bridgehead atoms. The minimum absolute atomic E-state index is 0.0570. The molecule has 0 fully saturated rings. The molecule has 13 nitrogen and oxygen atoms in total. The topological polar surface area (TPSA) is 163 Å². The molecule has 8 rings (SSSR count). The van der Waals surface area contributed by atoms with E-state index in [4.69, 9.17) is 37.2 Å². The number of fused-ring (bicyclic) bond motifs is 6. The lowest BCUT2D eigenvalue weighted by Gasteiger charge is -2.18. The molecule has 3 heterocycles. The molecule has 0 aliphatic carbocycles. The first-order valence-corrected chi connectivity index (χ1v) is 22.3. The number of amides is 4. The van der Waals surface area contributed by atoms with Crippen LogP contribution in [0.25, 0.3) is 33.7 Å². The van der Waals surface area contributed by atoms with Gasteiger partial charge in [0.15, 0.2) is 0 Å². The summed E-state index contributed by atoms with van der Waals surface area (Å²) in [6.07, 6.45) is 8.54. The van der Waals surface area contributed by atoms with E-state index in [0.717, 1.165) is 32.5 Å². The summed E-state index contributed by atoms with van der Waals surface area (Å²) in [5.41, 5.74) is 4.14. The van der Waals surface area contributed by atoms with Gasteiger partial charge in [-0.1, -0.05) is 60.7 Å². The number of hydrogen-bond donors (Lipinski definition) is 2. The van der Waals surface area contributed by atoms with E-state index in [1.807, 2.05) is 30.3 Å². The molecule has 0 aromatic heterocycles. The average Bonchev–Trinajstić information content (AvgIpc) is 3.95. The van der Waals surface area contributed by atoms with Crippen LogP contribution in [0.15, 0.2) is 103 Å². The lowest BCUT2D eigenvalue weighted by molar-refractivity contribution is -0.137. The molecule has 0 spiro atoms. The second-order valence-electron chi connectivity index (χ2n) is 14.8. The van der Waals surface area contributed by atoms with Crippen LogP contribution in [-0.4, -0.2) is 89.5 Å². The zero-order chi connectivity index (χ0) is 43.5. The smallest absolute Gasteiger partial charge is 0.491 e. The highest BCUT2D eigenvalue weighted by atomic mass is 35.5. The van der Waals surface area contributed by atoms with Crippen molar-refractivity contribution < 1.29 is 47.5 Å². The molecular weight excluding hydrogens is 856 g/mol. The summed E-state index contributed by atoms with van der Waals surface area (Å²) in [5, 5.41) is 3.10. The molecule has 5 aromatic carbocycles. The summed E-state index contributed by atoms with van der Waals surface area (Å²) in [4.78, 5) is 75.0. The van der Waals surface area contributed by atoms with E-state index in [1.165, 1.54) is 35.3 Å². The van der Waals surface area contributed by atoms with Crippen molar-refractivity contribution in [3.8, 4) is 11.5 Å². The number of phosphoric ester groups is 1. The molecule has 5 aromatic rings. The summed E-state index contributed by atoms with van der Waals surface area (Å²) in [6, 6.07) is 26.7. The third kappa shape index (κ3) is 8.92. The van der Waals surface area contributed by atoms with E-state index >= 15 is 0 Å². The Kier molecular flexibility index (Phi) is 12.6. The Bertz CT molecular complexity index is 2730. The Morgan fingerprint density at radius 2 is 1.39 bits per heavy atom. The van der Waals surface area contributed by atoms with Crippen LogP contribution < -0.4 is 19.1 Å². The monoisotopic (exact) mass is 894 g/mol. The van der Waals surface area contributed by atoms with Gasteiger partial charge in [0.05, 0.1) is 25.4 Å². The standard InChI is InChI=1S/C46H39Cl2N3O10P/c47-25-32-27-50(37-14-12-30-5-1-2-6-34(30)45(32)37)44(55)16-13-31-11-9-29(23-39(31)60-22-21-59-20-19-49-41(52)17-18-42(49)53)10-15-43(54)51-28-33(26-48)46-36-8-4-3-7-35(36)40(24-38(46)51)61-62(56,57)58/h1-11,13-18,23-24,32-33H,19-22,25-28H2,(H2,56,57,58)/b15-10-,16-13+/t32-,33-/m1/s1. The summed E-state index contributed by atoms with van der Waals surface area (Å²) in [6.45, 7) is 1.04. The van der Waals surface area contributed by atoms with Gasteiger partial charge in [-0.05, 0) is 63.2 Å². The predicted octanol–water partition coefficient (Wildman–Crippen LogP) is 7.35. The second-order valence-corrected chi connectivity index (χ2v) is 16.5. The largest absolute Gasteiger partial charge is 0.524 e. The molecule has 0 saturated heterocycles. The number of rotatable bonds is 15. The number of ether oxygens (including phenoxy) is 2. The number of imide groups is 1. The number of carbonyl (C=O) groups excluding carboxylic acids is 4. The van der Waals surface area contributed by atoms with Crippen molar-refractivity contribution in [3.05, 3.63) is 131 Å². The van der Waals surface area contributed by atoms with E-state index in [2.05, 4.69) is 6.07 Å². The number of phosphoric acid groups is 1. The van der Waals surface area contributed by atoms with Crippen LogP contribution in [-0.2, 0) is 28.5 Å². The molecule has 3 aliphatic rings. The molecule has 2 N–H and O–H groups in total. The van der Waals surface area contributed by atoms with E-state index in [-0.39, 0.29) is 62.3 Å². The van der Waals surface area contributed by atoms with Crippen molar-refractivity contribution in [3.63, 3.8) is 0 Å². The molecule has 0 unspecified atom stereocenters. The number of halogens is 2. The highest BCUT2D eigenvalue weighted by Crippen LogP contribution is 2.49. The number of hydrogen-bond acceptors (Lipinski definition) is 8. The third-order valence-corrected chi connectivity index (χ3v) is 12.1. The van der Waals surface area contributed by atoms with Crippen LogP contribution in [0.4, 0.5) is 11.4 Å². The molecule has 16 heteroatoms. The maximum atomic E-state index is 13.9. The summed E-state index contributed by atoms with van der Waals surface area (Å²) >= 11 is 12.8. The fraction of sp³-hybridized carbons (Fsp3) is 0.217. The fourth-order valence-corrected chi connectivity index (χ4v) is 9.01. The lowest BCUT2D eigenvalue weighted by Crippen LogP contribution is -2.33. The van der Waals surface area contributed by atoms with E-state index in [9.17, 15) is 33.5 Å². The molecule has 0 saturated carbocycles. The van der Waals surface area contributed by atoms with Crippen molar-refractivity contribution in [1.82, 2.24) is 4.90 Å². The Balaban J connectivity index is 1.03. The maximum Gasteiger partial charge on any atom is 0.524 e. The third-order valence-electron chi connectivity index (χ3n) is 10.9. The van der Waals surface area contributed by atoms with Crippen LogP contribution >= 0.6 is 31.0 Å². The molecule has 2 atom stereocenters. The first-order valence-electron chi connectivity index (χ1n) is 19.7. The summed E-state index contributed by atoms with van der Waals surface area (Å²) in [7, 11) is -4.93. The molecule has 3 aliphatic heterocycles. The second kappa shape index (κ2) is 18.3. The number of nitrogens with zero attached hydrogens (tertiary/aromatic N) is 3. The van der Waals surface area contributed by atoms with Gasteiger partial charge >= 0.3 is 7.82 Å². The molecule has 1 radical (unpaired) electrons. The molecule has 317 valence electrons. The van der Waals surface area contributed by atoms with Crippen LogP contribution in [0.2, 0.25) is 0 Å². The van der Waals surface area contributed by atoms with Crippen LogP contribution in [0.5, 0.6) is 11.5 Å². The highest BCUT2D eigenvalue weighted by Gasteiger charge is 2.35. The van der Waals surface area contributed by atoms with Crippen molar-refractivity contribution in [1.29, 1.82) is 0 Å². The zero-order valence-electron chi connectivity index (χ0n) is 33.0. The van der Waals surface area contributed by atoms with Gasteiger partial charge in [-0.2, -0.15) is 0 Å². The van der Waals surface area contributed by atoms with Crippen LogP contribution in [0, 0.1) is 6.07 Å². The molecule has 62 heavy (non-hydrogen) atoms. The van der Waals surface area contributed by atoms with Gasteiger partial charge in [0.25, 0.3) is 23.6 Å². The van der Waals surface area contributed by atoms with Gasteiger partial charge in [-0.3, -0.25) is 33.9 Å². The van der Waals surface area contributed by atoms with Crippen molar-refractivity contribution in [2.75, 3.05) is 61.0 Å². The van der Waals surface area contributed by atoms with Crippen molar-refractivity contribution in [2.24, 2.45) is 0 Å². The average molecular weight is 896 g/mol. The van der Waals surface area contributed by atoms with Crippen LogP contribution in [0.1, 0.15) is 34.1 Å². The lowest BCUT2D eigenvalue weighted by atomic mass is 9.95. The van der Waals surface area contributed by atoms with Gasteiger partial charge in [0.1, 0.15) is 18.1 Å². The minimum Gasteiger partial charge on any atom is -0.491 e. The number of carbonyl (C=O) groups is 4. The first kappa shape index (κ1) is 42.9. The Labute approximate surface area is 366 Å². The van der Waals surface area contributed by atoms with Gasteiger partial charge in [0.2, 0.25) is 0 Å². The summed E-state index contributed by atoms with van der Waals surface area (Å²) in [5.74, 6) is -0.899. The highest BCUT2D eigenvalue weighted by molar-refractivity contribution is 7.46. The fourth-order valence-electron chi connectivity index (χ4n) is 8.10.